The first-order valence-corrected chi connectivity index (χ1v) is 10.5. The zero-order valence-electron chi connectivity index (χ0n) is 17.1. The number of rotatable bonds is 7. The van der Waals surface area contributed by atoms with Crippen molar-refractivity contribution in [1.82, 2.24) is 9.97 Å². The number of ether oxygens (including phenoxy) is 1. The van der Waals surface area contributed by atoms with E-state index in [1.165, 1.54) is 17.0 Å². The number of H-pyrrole nitrogens is 1. The van der Waals surface area contributed by atoms with Crippen LogP contribution < -0.4 is 10.5 Å². The van der Waals surface area contributed by atoms with Crippen LogP contribution in [0.4, 0.5) is 5.69 Å². The standard InChI is InChI=1S/C22H25N3O3S/c1-5-25(6-2)16-11-8-15(9-12-16)10-13-17-23-20(26)18-14(4)19(22(27)28-7-3)29-21(18)24-17/h8-13H,5-7H2,1-4H3,(H,23,24,26)/b13-10+. The summed E-state index contributed by atoms with van der Waals surface area (Å²) in [7, 11) is 0. The molecule has 0 fully saturated rings. The summed E-state index contributed by atoms with van der Waals surface area (Å²) in [6.07, 6.45) is 3.68. The second kappa shape index (κ2) is 9.05. The van der Waals surface area contributed by atoms with Gasteiger partial charge in [-0.05, 0) is 57.0 Å². The zero-order valence-corrected chi connectivity index (χ0v) is 17.9. The number of aromatic nitrogens is 2. The van der Waals surface area contributed by atoms with Gasteiger partial charge < -0.3 is 14.6 Å². The van der Waals surface area contributed by atoms with E-state index in [1.54, 1.807) is 19.9 Å². The third-order valence-corrected chi connectivity index (χ3v) is 5.90. The fourth-order valence-electron chi connectivity index (χ4n) is 3.19. The average Bonchev–Trinajstić information content (AvgIpc) is 3.05. The molecule has 0 bridgehead atoms. The molecule has 6 nitrogen and oxygen atoms in total. The van der Waals surface area contributed by atoms with Crippen molar-refractivity contribution in [2.75, 3.05) is 24.6 Å². The molecule has 0 aliphatic carbocycles. The highest BCUT2D eigenvalue weighted by atomic mass is 32.1. The van der Waals surface area contributed by atoms with Crippen molar-refractivity contribution >= 4 is 45.4 Å². The molecule has 0 spiro atoms. The predicted molar refractivity (Wildman–Crippen MR) is 120 cm³/mol. The Balaban J connectivity index is 1.89. The number of carbonyl (C=O) groups excluding carboxylic acids is 1. The van der Waals surface area contributed by atoms with Gasteiger partial charge in [-0.3, -0.25) is 4.79 Å². The highest BCUT2D eigenvalue weighted by molar-refractivity contribution is 7.20. The van der Waals surface area contributed by atoms with E-state index in [0.717, 1.165) is 18.7 Å². The Bertz CT molecular complexity index is 1090. The molecule has 29 heavy (non-hydrogen) atoms. The van der Waals surface area contributed by atoms with Crippen LogP contribution >= 0.6 is 11.3 Å². The van der Waals surface area contributed by atoms with Gasteiger partial charge in [0.25, 0.3) is 5.56 Å². The van der Waals surface area contributed by atoms with E-state index in [9.17, 15) is 9.59 Å². The number of aromatic amines is 1. The van der Waals surface area contributed by atoms with Gasteiger partial charge in [-0.15, -0.1) is 11.3 Å². The quantitative estimate of drug-likeness (QED) is 0.580. The molecule has 3 rings (SSSR count). The molecule has 0 atom stereocenters. The molecule has 3 aromatic rings. The minimum atomic E-state index is -0.419. The van der Waals surface area contributed by atoms with Crippen LogP contribution in [0.25, 0.3) is 22.4 Å². The molecule has 0 unspecified atom stereocenters. The Morgan fingerprint density at radius 2 is 1.86 bits per heavy atom. The van der Waals surface area contributed by atoms with Gasteiger partial charge in [0.15, 0.2) is 0 Å². The molecule has 0 aliphatic rings. The van der Waals surface area contributed by atoms with Crippen molar-refractivity contribution in [3.63, 3.8) is 0 Å². The Morgan fingerprint density at radius 3 is 2.48 bits per heavy atom. The zero-order chi connectivity index (χ0) is 21.0. The van der Waals surface area contributed by atoms with Crippen LogP contribution in [-0.4, -0.2) is 35.6 Å². The van der Waals surface area contributed by atoms with E-state index in [1.807, 2.05) is 18.2 Å². The maximum atomic E-state index is 12.5. The summed E-state index contributed by atoms with van der Waals surface area (Å²) in [5, 5.41) is 0.443. The summed E-state index contributed by atoms with van der Waals surface area (Å²) >= 11 is 1.19. The van der Waals surface area contributed by atoms with E-state index in [-0.39, 0.29) is 12.2 Å². The van der Waals surface area contributed by atoms with Crippen LogP contribution in [0.15, 0.2) is 29.1 Å². The van der Waals surface area contributed by atoms with Crippen molar-refractivity contribution in [2.45, 2.75) is 27.7 Å². The first-order valence-electron chi connectivity index (χ1n) is 9.72. The molecule has 1 N–H and O–H groups in total. The first kappa shape index (κ1) is 20.8. The minimum Gasteiger partial charge on any atom is -0.462 e. The third kappa shape index (κ3) is 4.40. The molecule has 0 amide bonds. The monoisotopic (exact) mass is 411 g/mol. The first-order chi connectivity index (χ1) is 14.0. The number of hydrogen-bond donors (Lipinski definition) is 1. The van der Waals surface area contributed by atoms with Crippen molar-refractivity contribution in [1.29, 1.82) is 0 Å². The summed E-state index contributed by atoms with van der Waals surface area (Å²) in [5.41, 5.74) is 2.55. The Kier molecular flexibility index (Phi) is 6.49. The molecule has 152 valence electrons. The Labute approximate surface area is 173 Å². The molecular formula is C22H25N3O3S. The predicted octanol–water partition coefficient (Wildman–Crippen LogP) is 4.49. The molecule has 0 aliphatic heterocycles. The number of hydrogen-bond acceptors (Lipinski definition) is 6. The molecule has 7 heteroatoms. The number of anilines is 1. The molecule has 2 aromatic heterocycles. The number of esters is 1. The Hall–Kier alpha value is -2.93. The van der Waals surface area contributed by atoms with E-state index in [4.69, 9.17) is 4.74 Å². The van der Waals surface area contributed by atoms with Gasteiger partial charge in [-0.1, -0.05) is 18.2 Å². The van der Waals surface area contributed by atoms with Crippen LogP contribution in [0.2, 0.25) is 0 Å². The van der Waals surface area contributed by atoms with Gasteiger partial charge in [-0.2, -0.15) is 0 Å². The van der Waals surface area contributed by atoms with Crippen LogP contribution in [-0.2, 0) is 4.74 Å². The Morgan fingerprint density at radius 1 is 1.17 bits per heavy atom. The number of aryl methyl sites for hydroxylation is 1. The lowest BCUT2D eigenvalue weighted by atomic mass is 10.1. The second-order valence-electron chi connectivity index (χ2n) is 6.51. The lowest BCUT2D eigenvalue weighted by Crippen LogP contribution is -2.21. The van der Waals surface area contributed by atoms with Gasteiger partial charge in [0.05, 0.1) is 12.0 Å². The number of benzene rings is 1. The number of carbonyl (C=O) groups is 1. The second-order valence-corrected chi connectivity index (χ2v) is 7.50. The van der Waals surface area contributed by atoms with Crippen molar-refractivity contribution < 1.29 is 9.53 Å². The van der Waals surface area contributed by atoms with Gasteiger partial charge in [0.2, 0.25) is 0 Å². The fourth-order valence-corrected chi connectivity index (χ4v) is 4.27. The van der Waals surface area contributed by atoms with Gasteiger partial charge in [-0.25, -0.2) is 9.78 Å². The smallest absolute Gasteiger partial charge is 0.348 e. The largest absolute Gasteiger partial charge is 0.462 e. The number of thiophene rings is 1. The summed E-state index contributed by atoms with van der Waals surface area (Å²) in [6.45, 7) is 9.98. The number of nitrogens with one attached hydrogen (secondary N) is 1. The fraction of sp³-hybridized carbons (Fsp3) is 0.318. The highest BCUT2D eigenvalue weighted by Crippen LogP contribution is 2.27. The third-order valence-electron chi connectivity index (χ3n) is 4.74. The maximum absolute atomic E-state index is 12.5. The molecule has 0 radical (unpaired) electrons. The van der Waals surface area contributed by atoms with E-state index >= 15 is 0 Å². The van der Waals surface area contributed by atoms with Gasteiger partial charge in [0, 0.05) is 18.8 Å². The van der Waals surface area contributed by atoms with Crippen LogP contribution in [0.1, 0.15) is 47.4 Å². The molecule has 0 saturated carbocycles. The summed E-state index contributed by atoms with van der Waals surface area (Å²) in [5.74, 6) is 0.0322. The van der Waals surface area contributed by atoms with Crippen molar-refractivity contribution in [3.8, 4) is 0 Å². The summed E-state index contributed by atoms with van der Waals surface area (Å²) < 4.78 is 5.07. The van der Waals surface area contributed by atoms with Crippen LogP contribution in [0.3, 0.4) is 0 Å². The normalized spacial score (nSPS) is 11.3. The molecule has 0 saturated heterocycles. The van der Waals surface area contributed by atoms with E-state index in [2.05, 4.69) is 40.8 Å². The van der Waals surface area contributed by atoms with E-state index < -0.39 is 5.97 Å². The maximum Gasteiger partial charge on any atom is 0.348 e. The molecule has 2 heterocycles. The van der Waals surface area contributed by atoms with Crippen molar-refractivity contribution in [3.05, 3.63) is 56.4 Å². The topological polar surface area (TPSA) is 75.3 Å². The van der Waals surface area contributed by atoms with Crippen LogP contribution in [0.5, 0.6) is 0 Å². The molecule has 1 aromatic carbocycles. The van der Waals surface area contributed by atoms with Crippen LogP contribution in [0, 0.1) is 6.92 Å². The summed E-state index contributed by atoms with van der Waals surface area (Å²) in [6, 6.07) is 8.24. The number of nitrogens with zero attached hydrogens (tertiary/aromatic N) is 2. The van der Waals surface area contributed by atoms with E-state index in [0.29, 0.717) is 26.5 Å². The minimum absolute atomic E-state index is 0.254. The lowest BCUT2D eigenvalue weighted by molar-refractivity contribution is 0.0531. The summed E-state index contributed by atoms with van der Waals surface area (Å²) in [4.78, 5) is 35.2. The number of fused-ring (bicyclic) bond motifs is 1. The van der Waals surface area contributed by atoms with Crippen molar-refractivity contribution in [2.24, 2.45) is 0 Å². The van der Waals surface area contributed by atoms with Gasteiger partial charge >= 0.3 is 5.97 Å². The SMILES string of the molecule is CCOC(=O)c1sc2nc(/C=C/c3ccc(N(CC)CC)cc3)[nH]c(=O)c2c1C. The lowest BCUT2D eigenvalue weighted by Gasteiger charge is -2.20. The molecular weight excluding hydrogens is 386 g/mol. The average molecular weight is 412 g/mol. The highest BCUT2D eigenvalue weighted by Gasteiger charge is 2.19. The van der Waals surface area contributed by atoms with Gasteiger partial charge in [0.1, 0.15) is 15.5 Å².